The molecule has 6 nitrogen and oxygen atoms in total. The number of aryl methyl sites for hydroxylation is 3. The minimum Gasteiger partial charge on any atom is -0.488 e. The zero-order valence-corrected chi connectivity index (χ0v) is 19.0. The van der Waals surface area contributed by atoms with E-state index in [0.717, 1.165) is 28.0 Å². The molecule has 2 aromatic carbocycles. The molecule has 0 fully saturated rings. The fourth-order valence-corrected chi connectivity index (χ4v) is 3.27. The summed E-state index contributed by atoms with van der Waals surface area (Å²) in [6, 6.07) is 12.4. The summed E-state index contributed by atoms with van der Waals surface area (Å²) < 4.78 is 6.08. The molecule has 0 unspecified atom stereocenters. The lowest BCUT2D eigenvalue weighted by Crippen LogP contribution is -2.41. The van der Waals surface area contributed by atoms with Crippen LogP contribution in [0.1, 0.15) is 34.7 Å². The van der Waals surface area contributed by atoms with Crippen LogP contribution in [0.25, 0.3) is 0 Å². The first kappa shape index (κ1) is 25.5. The Morgan fingerprint density at radius 1 is 1.07 bits per heavy atom. The number of halogens is 1. The van der Waals surface area contributed by atoms with Crippen molar-refractivity contribution in [3.05, 3.63) is 64.2 Å². The molecule has 164 valence electrons. The standard InChI is InChI=1S/C23H31N3O3.ClH/c1-5-26(22(28)13-25-21(27)12-24)14-20-10-17(3)23(18(4)11-20)29-15-19-8-6-7-16(2)9-19;/h6-11H,5,12-15,24H2,1-4H3,(H,25,27);1H. The van der Waals surface area contributed by atoms with E-state index in [1.165, 1.54) is 5.56 Å². The number of ether oxygens (including phenoxy) is 1. The number of nitrogens with one attached hydrogen (secondary N) is 1. The van der Waals surface area contributed by atoms with Gasteiger partial charge in [-0.1, -0.05) is 42.0 Å². The molecule has 0 saturated heterocycles. The Balaban J connectivity index is 0.00000450. The fourth-order valence-electron chi connectivity index (χ4n) is 3.27. The number of nitrogens with zero attached hydrogens (tertiary/aromatic N) is 1. The highest BCUT2D eigenvalue weighted by molar-refractivity contribution is 5.85. The lowest BCUT2D eigenvalue weighted by Gasteiger charge is -2.22. The first-order valence-electron chi connectivity index (χ1n) is 9.87. The number of nitrogens with two attached hydrogens (primary N) is 1. The summed E-state index contributed by atoms with van der Waals surface area (Å²) in [5, 5.41) is 2.53. The van der Waals surface area contributed by atoms with Gasteiger partial charge in [0, 0.05) is 13.1 Å². The van der Waals surface area contributed by atoms with Crippen molar-refractivity contribution in [2.75, 3.05) is 19.6 Å². The van der Waals surface area contributed by atoms with Crippen molar-refractivity contribution >= 4 is 24.2 Å². The number of benzene rings is 2. The number of carbonyl (C=O) groups excluding carboxylic acids is 2. The SMILES string of the molecule is CCN(Cc1cc(C)c(OCc2cccc(C)c2)c(C)c1)C(=O)CNC(=O)CN.Cl. The molecule has 0 bridgehead atoms. The quantitative estimate of drug-likeness (QED) is 0.636. The van der Waals surface area contributed by atoms with Crippen LogP contribution in [0.3, 0.4) is 0 Å². The van der Waals surface area contributed by atoms with E-state index in [1.54, 1.807) is 4.90 Å². The second-order valence-electron chi connectivity index (χ2n) is 7.23. The molecule has 0 aliphatic carbocycles. The molecular weight excluding hydrogens is 402 g/mol. The lowest BCUT2D eigenvalue weighted by molar-refractivity contribution is -0.132. The van der Waals surface area contributed by atoms with Gasteiger partial charge in [-0.2, -0.15) is 0 Å². The summed E-state index contributed by atoms with van der Waals surface area (Å²) in [5.41, 5.74) is 10.7. The Morgan fingerprint density at radius 3 is 2.30 bits per heavy atom. The zero-order chi connectivity index (χ0) is 21.4. The lowest BCUT2D eigenvalue weighted by atomic mass is 10.0. The van der Waals surface area contributed by atoms with Gasteiger partial charge in [-0.15, -0.1) is 12.4 Å². The molecule has 2 rings (SSSR count). The summed E-state index contributed by atoms with van der Waals surface area (Å²) >= 11 is 0. The van der Waals surface area contributed by atoms with Crippen molar-refractivity contribution in [3.8, 4) is 5.75 Å². The van der Waals surface area contributed by atoms with Crippen LogP contribution >= 0.6 is 12.4 Å². The van der Waals surface area contributed by atoms with Gasteiger partial charge in [0.25, 0.3) is 0 Å². The van der Waals surface area contributed by atoms with Crippen molar-refractivity contribution in [2.45, 2.75) is 40.8 Å². The molecule has 0 saturated carbocycles. The molecule has 0 atom stereocenters. The van der Waals surface area contributed by atoms with E-state index in [-0.39, 0.29) is 37.3 Å². The smallest absolute Gasteiger partial charge is 0.242 e. The summed E-state index contributed by atoms with van der Waals surface area (Å²) in [7, 11) is 0. The summed E-state index contributed by atoms with van der Waals surface area (Å²) in [6.45, 7) is 9.40. The van der Waals surface area contributed by atoms with E-state index in [2.05, 4.69) is 30.4 Å². The van der Waals surface area contributed by atoms with Crippen LogP contribution in [0.5, 0.6) is 5.75 Å². The van der Waals surface area contributed by atoms with Gasteiger partial charge in [0.15, 0.2) is 0 Å². The first-order chi connectivity index (χ1) is 13.8. The Hall–Kier alpha value is -2.57. The molecule has 0 heterocycles. The van der Waals surface area contributed by atoms with Gasteiger partial charge in [-0.3, -0.25) is 9.59 Å². The number of hydrogen-bond acceptors (Lipinski definition) is 4. The van der Waals surface area contributed by atoms with Crippen molar-refractivity contribution in [1.29, 1.82) is 0 Å². The van der Waals surface area contributed by atoms with Gasteiger partial charge in [0.05, 0.1) is 13.1 Å². The van der Waals surface area contributed by atoms with E-state index in [1.807, 2.05) is 39.0 Å². The summed E-state index contributed by atoms with van der Waals surface area (Å²) in [6.07, 6.45) is 0. The first-order valence-corrected chi connectivity index (χ1v) is 9.87. The molecule has 7 heteroatoms. The van der Waals surface area contributed by atoms with E-state index < -0.39 is 0 Å². The maximum absolute atomic E-state index is 12.4. The maximum atomic E-state index is 12.4. The molecule has 0 aliphatic rings. The average Bonchev–Trinajstić information content (AvgIpc) is 2.69. The van der Waals surface area contributed by atoms with Gasteiger partial charge in [0.1, 0.15) is 12.4 Å². The monoisotopic (exact) mass is 433 g/mol. The predicted molar refractivity (Wildman–Crippen MR) is 122 cm³/mol. The van der Waals surface area contributed by atoms with Crippen LogP contribution in [0.2, 0.25) is 0 Å². The highest BCUT2D eigenvalue weighted by atomic mass is 35.5. The highest BCUT2D eigenvalue weighted by Crippen LogP contribution is 2.26. The Morgan fingerprint density at radius 2 is 1.73 bits per heavy atom. The van der Waals surface area contributed by atoms with Gasteiger partial charge < -0.3 is 20.7 Å². The molecule has 2 aromatic rings. The van der Waals surface area contributed by atoms with Crippen molar-refractivity contribution in [2.24, 2.45) is 5.73 Å². The molecule has 0 aliphatic heterocycles. The number of carbonyl (C=O) groups is 2. The maximum Gasteiger partial charge on any atom is 0.242 e. The molecule has 0 aromatic heterocycles. The third-order valence-electron chi connectivity index (χ3n) is 4.72. The minimum atomic E-state index is -0.337. The third kappa shape index (κ3) is 7.35. The van der Waals surface area contributed by atoms with Crippen LogP contribution in [0.4, 0.5) is 0 Å². The van der Waals surface area contributed by atoms with E-state index in [9.17, 15) is 9.59 Å². The highest BCUT2D eigenvalue weighted by Gasteiger charge is 2.15. The largest absolute Gasteiger partial charge is 0.488 e. The van der Waals surface area contributed by atoms with Crippen LogP contribution in [0.15, 0.2) is 36.4 Å². The summed E-state index contributed by atoms with van der Waals surface area (Å²) in [4.78, 5) is 25.3. The van der Waals surface area contributed by atoms with Crippen LogP contribution in [0, 0.1) is 20.8 Å². The van der Waals surface area contributed by atoms with Crippen LogP contribution in [-0.2, 0) is 22.7 Å². The molecule has 30 heavy (non-hydrogen) atoms. The third-order valence-corrected chi connectivity index (χ3v) is 4.72. The zero-order valence-electron chi connectivity index (χ0n) is 18.2. The predicted octanol–water partition coefficient (Wildman–Crippen LogP) is 3.04. The summed E-state index contributed by atoms with van der Waals surface area (Å²) in [5.74, 6) is 0.403. The number of amides is 2. The van der Waals surface area contributed by atoms with Crippen molar-refractivity contribution in [3.63, 3.8) is 0 Å². The number of likely N-dealkylation sites (N-methyl/N-ethyl adjacent to an activating group) is 1. The van der Waals surface area contributed by atoms with E-state index >= 15 is 0 Å². The molecule has 2 amide bonds. The second kappa shape index (κ2) is 12.2. The number of hydrogen-bond donors (Lipinski definition) is 2. The van der Waals surface area contributed by atoms with Crippen LogP contribution < -0.4 is 15.8 Å². The van der Waals surface area contributed by atoms with Gasteiger partial charge in [0.2, 0.25) is 11.8 Å². The minimum absolute atomic E-state index is 0. The van der Waals surface area contributed by atoms with Gasteiger partial charge in [-0.25, -0.2) is 0 Å². The average molecular weight is 434 g/mol. The molecule has 3 N–H and O–H groups in total. The Bertz CT molecular complexity index is 848. The Labute approximate surface area is 185 Å². The molecular formula is C23H32ClN3O3. The fraction of sp³-hybridized carbons (Fsp3) is 0.391. The Kier molecular flexibility index (Phi) is 10.4. The van der Waals surface area contributed by atoms with Crippen molar-refractivity contribution in [1.82, 2.24) is 10.2 Å². The van der Waals surface area contributed by atoms with Gasteiger partial charge >= 0.3 is 0 Å². The second-order valence-corrected chi connectivity index (χ2v) is 7.23. The van der Waals surface area contributed by atoms with E-state index in [0.29, 0.717) is 19.7 Å². The number of rotatable bonds is 9. The van der Waals surface area contributed by atoms with E-state index in [4.69, 9.17) is 10.5 Å². The molecule has 0 spiro atoms. The molecule has 0 radical (unpaired) electrons. The van der Waals surface area contributed by atoms with Gasteiger partial charge in [-0.05, 0) is 49.9 Å². The van der Waals surface area contributed by atoms with Crippen LogP contribution in [-0.4, -0.2) is 36.3 Å². The topological polar surface area (TPSA) is 84.7 Å². The normalized spacial score (nSPS) is 10.2. The van der Waals surface area contributed by atoms with Crippen molar-refractivity contribution < 1.29 is 14.3 Å².